The fraction of sp³-hybridized carbons (Fsp3) is 0.222. The fourth-order valence-electron chi connectivity index (χ4n) is 4.15. The van der Waals surface area contributed by atoms with Gasteiger partial charge in [-0.3, -0.25) is 0 Å². The van der Waals surface area contributed by atoms with E-state index >= 15 is 0 Å². The first kappa shape index (κ1) is 21.9. The van der Waals surface area contributed by atoms with Crippen molar-refractivity contribution in [1.82, 2.24) is 9.88 Å². The molecule has 0 fully saturated rings. The van der Waals surface area contributed by atoms with E-state index in [1.807, 2.05) is 68.7 Å². The highest BCUT2D eigenvalue weighted by atomic mass is 16.6. The number of benzene rings is 3. The van der Waals surface area contributed by atoms with E-state index in [0.29, 0.717) is 23.9 Å². The third-order valence-corrected chi connectivity index (χ3v) is 5.85. The van der Waals surface area contributed by atoms with E-state index < -0.39 is 0 Å². The normalized spacial score (nSPS) is 13.3. The Balaban J connectivity index is 1.64. The summed E-state index contributed by atoms with van der Waals surface area (Å²) in [6.07, 6.45) is 0. The van der Waals surface area contributed by atoms with Crippen LogP contribution in [0.25, 0.3) is 22.2 Å². The van der Waals surface area contributed by atoms with E-state index in [4.69, 9.17) is 19.0 Å². The molecule has 174 valence electrons. The molecule has 1 heterocycles. The van der Waals surface area contributed by atoms with Crippen LogP contribution in [0.3, 0.4) is 0 Å². The summed E-state index contributed by atoms with van der Waals surface area (Å²) in [5.41, 5.74) is 5.55. The summed E-state index contributed by atoms with van der Waals surface area (Å²) in [7, 11) is 7.32. The Hall–Kier alpha value is -3.97. The topological polar surface area (TPSA) is 68.3 Å². The van der Waals surface area contributed by atoms with Crippen LogP contribution < -0.4 is 19.0 Å². The highest BCUT2D eigenvalue weighted by molar-refractivity contribution is 6.30. The molecule has 3 aromatic carbocycles. The lowest BCUT2D eigenvalue weighted by atomic mass is 10.1. The number of rotatable bonds is 8. The zero-order valence-electron chi connectivity index (χ0n) is 19.7. The molecule has 5 rings (SSSR count). The lowest BCUT2D eigenvalue weighted by Gasteiger charge is -2.12. The number of para-hydroxylation sites is 1. The Morgan fingerprint density at radius 3 is 2.29 bits per heavy atom. The molecular formula is C27H27N3O4. The average Bonchev–Trinajstić information content (AvgIpc) is 3.36. The van der Waals surface area contributed by atoms with E-state index in [1.54, 1.807) is 14.2 Å². The van der Waals surface area contributed by atoms with Crippen molar-refractivity contribution in [3.8, 4) is 34.3 Å². The van der Waals surface area contributed by atoms with Gasteiger partial charge in [0.2, 0.25) is 0 Å². The lowest BCUT2D eigenvalue weighted by molar-refractivity contribution is 0.261. The number of nitrogens with one attached hydrogen (secondary N) is 1. The zero-order chi connectivity index (χ0) is 23.7. The van der Waals surface area contributed by atoms with Gasteiger partial charge in [0, 0.05) is 34.1 Å². The van der Waals surface area contributed by atoms with Crippen LogP contribution in [0.5, 0.6) is 23.0 Å². The van der Waals surface area contributed by atoms with Crippen molar-refractivity contribution in [2.24, 2.45) is 5.16 Å². The maximum absolute atomic E-state index is 6.00. The number of ether oxygens (including phenoxy) is 3. The van der Waals surface area contributed by atoms with Crippen LogP contribution in [0.2, 0.25) is 0 Å². The molecule has 0 aliphatic heterocycles. The second-order valence-corrected chi connectivity index (χ2v) is 8.33. The predicted molar refractivity (Wildman–Crippen MR) is 134 cm³/mol. The van der Waals surface area contributed by atoms with Crippen molar-refractivity contribution in [2.45, 2.75) is 0 Å². The monoisotopic (exact) mass is 457 g/mol. The molecular weight excluding hydrogens is 430 g/mol. The molecule has 1 N–H and O–H groups in total. The molecule has 0 unspecified atom stereocenters. The van der Waals surface area contributed by atoms with E-state index in [9.17, 15) is 0 Å². The number of likely N-dealkylation sites (N-methyl/N-ethyl adjacent to an activating group) is 1. The SMILES string of the molecule is COc1cc2c(cc1OC)-c1[nH]c3ccc(OCCN(C)C)cc3c1/C2=N\Oc1ccccc1. The van der Waals surface area contributed by atoms with Crippen LogP contribution >= 0.6 is 0 Å². The second-order valence-electron chi connectivity index (χ2n) is 8.33. The largest absolute Gasteiger partial charge is 0.493 e. The van der Waals surface area contributed by atoms with Crippen LogP contribution in [0.15, 0.2) is 65.8 Å². The molecule has 0 radical (unpaired) electrons. The van der Waals surface area contributed by atoms with Crippen LogP contribution in [-0.2, 0) is 0 Å². The summed E-state index contributed by atoms with van der Waals surface area (Å²) in [6.45, 7) is 1.45. The summed E-state index contributed by atoms with van der Waals surface area (Å²) in [4.78, 5) is 11.5. The smallest absolute Gasteiger partial charge is 0.161 e. The second kappa shape index (κ2) is 9.11. The van der Waals surface area contributed by atoms with Gasteiger partial charge < -0.3 is 28.9 Å². The molecule has 0 spiro atoms. The van der Waals surface area contributed by atoms with E-state index in [2.05, 4.69) is 21.1 Å². The molecule has 0 amide bonds. The van der Waals surface area contributed by atoms with Gasteiger partial charge in [-0.05, 0) is 56.6 Å². The van der Waals surface area contributed by atoms with Gasteiger partial charge in [0.25, 0.3) is 0 Å². The van der Waals surface area contributed by atoms with Gasteiger partial charge in [-0.2, -0.15) is 0 Å². The van der Waals surface area contributed by atoms with Crippen molar-refractivity contribution < 1.29 is 19.0 Å². The van der Waals surface area contributed by atoms with Crippen LogP contribution in [0, 0.1) is 0 Å². The molecule has 34 heavy (non-hydrogen) atoms. The van der Waals surface area contributed by atoms with Gasteiger partial charge in [0.05, 0.1) is 19.9 Å². The molecule has 7 heteroatoms. The minimum Gasteiger partial charge on any atom is -0.493 e. The van der Waals surface area contributed by atoms with Crippen LogP contribution in [0.4, 0.5) is 0 Å². The van der Waals surface area contributed by atoms with Gasteiger partial charge in [-0.1, -0.05) is 23.4 Å². The molecule has 0 bridgehead atoms. The molecule has 1 aliphatic carbocycles. The minimum absolute atomic E-state index is 0.609. The first-order valence-electron chi connectivity index (χ1n) is 11.1. The molecule has 0 saturated carbocycles. The maximum Gasteiger partial charge on any atom is 0.161 e. The van der Waals surface area contributed by atoms with Gasteiger partial charge in [-0.25, -0.2) is 0 Å². The van der Waals surface area contributed by atoms with Crippen molar-refractivity contribution in [1.29, 1.82) is 0 Å². The molecule has 7 nitrogen and oxygen atoms in total. The first-order chi connectivity index (χ1) is 16.6. The number of aromatic nitrogens is 1. The number of oxime groups is 1. The Morgan fingerprint density at radius 1 is 0.853 bits per heavy atom. The molecule has 1 aliphatic rings. The van der Waals surface area contributed by atoms with Gasteiger partial charge in [-0.15, -0.1) is 0 Å². The molecule has 0 saturated heterocycles. The molecule has 4 aromatic rings. The minimum atomic E-state index is 0.609. The first-order valence-corrected chi connectivity index (χ1v) is 11.1. The number of H-pyrrole nitrogens is 1. The van der Waals surface area contributed by atoms with Crippen molar-refractivity contribution in [2.75, 3.05) is 41.5 Å². The Kier molecular flexibility index (Phi) is 5.86. The summed E-state index contributed by atoms with van der Waals surface area (Å²) in [5.74, 6) is 2.77. The van der Waals surface area contributed by atoms with Crippen LogP contribution in [0.1, 0.15) is 11.1 Å². The summed E-state index contributed by atoms with van der Waals surface area (Å²) in [5, 5.41) is 5.61. The number of hydrogen-bond acceptors (Lipinski definition) is 6. The van der Waals surface area contributed by atoms with E-state index in [1.165, 1.54) is 0 Å². The summed E-state index contributed by atoms with van der Waals surface area (Å²) < 4.78 is 17.1. The number of aromatic amines is 1. The van der Waals surface area contributed by atoms with E-state index in [0.717, 1.165) is 51.3 Å². The Labute approximate surface area is 198 Å². The maximum atomic E-state index is 6.00. The number of hydrogen-bond donors (Lipinski definition) is 1. The van der Waals surface area contributed by atoms with Crippen molar-refractivity contribution >= 4 is 16.6 Å². The van der Waals surface area contributed by atoms with Gasteiger partial charge >= 0.3 is 0 Å². The Morgan fingerprint density at radius 2 is 1.59 bits per heavy atom. The standard InChI is InChI=1S/C27H27N3O4/c1-30(2)12-13-33-18-10-11-22-21(14-18)25-26(28-22)19-15-23(31-3)24(32-4)16-20(19)27(25)29-34-17-8-6-5-7-9-17/h5-11,14-16,28H,12-13H2,1-4H3/b29-27-. The van der Waals surface area contributed by atoms with Crippen molar-refractivity contribution in [3.05, 3.63) is 71.8 Å². The quantitative estimate of drug-likeness (QED) is 0.335. The lowest BCUT2D eigenvalue weighted by Crippen LogP contribution is -2.19. The third kappa shape index (κ3) is 3.95. The summed E-state index contributed by atoms with van der Waals surface area (Å²) >= 11 is 0. The van der Waals surface area contributed by atoms with Gasteiger partial charge in [0.1, 0.15) is 18.1 Å². The Bertz CT molecular complexity index is 1360. The van der Waals surface area contributed by atoms with Crippen LogP contribution in [-0.4, -0.2) is 57.1 Å². The fourth-order valence-corrected chi connectivity index (χ4v) is 4.15. The highest BCUT2D eigenvalue weighted by Crippen LogP contribution is 2.46. The summed E-state index contributed by atoms with van der Waals surface area (Å²) in [6, 6.07) is 19.5. The third-order valence-electron chi connectivity index (χ3n) is 5.85. The average molecular weight is 458 g/mol. The highest BCUT2D eigenvalue weighted by Gasteiger charge is 2.32. The molecule has 0 atom stereocenters. The molecule has 1 aromatic heterocycles. The number of nitrogens with zero attached hydrogens (tertiary/aromatic N) is 2. The zero-order valence-corrected chi connectivity index (χ0v) is 19.7. The number of fused-ring (bicyclic) bond motifs is 5. The number of methoxy groups -OCH3 is 2. The van der Waals surface area contributed by atoms with E-state index in [-0.39, 0.29) is 0 Å². The predicted octanol–water partition coefficient (Wildman–Crippen LogP) is 4.94. The van der Waals surface area contributed by atoms with Crippen molar-refractivity contribution in [3.63, 3.8) is 0 Å². The van der Waals surface area contributed by atoms with Gasteiger partial charge in [0.15, 0.2) is 17.2 Å².